The van der Waals surface area contributed by atoms with Gasteiger partial charge in [0.2, 0.25) is 0 Å². The summed E-state index contributed by atoms with van der Waals surface area (Å²) < 4.78 is 1.79. The highest BCUT2D eigenvalue weighted by molar-refractivity contribution is 5.93. The van der Waals surface area contributed by atoms with E-state index in [0.717, 1.165) is 25.5 Å². The maximum atomic E-state index is 11.9. The van der Waals surface area contributed by atoms with Crippen LogP contribution in [0.5, 0.6) is 0 Å². The molecule has 1 aliphatic rings. The third kappa shape index (κ3) is 2.63. The third-order valence-electron chi connectivity index (χ3n) is 3.20. The van der Waals surface area contributed by atoms with Crippen molar-refractivity contribution in [1.29, 1.82) is 0 Å². The number of nitrogens with zero attached hydrogens (tertiary/aromatic N) is 3. The molecule has 0 aromatic carbocycles. The lowest BCUT2D eigenvalue weighted by molar-refractivity contribution is 0.0942. The number of hydrogen-bond donors (Lipinski definition) is 2. The second kappa shape index (κ2) is 5.19. The summed E-state index contributed by atoms with van der Waals surface area (Å²) in [4.78, 5) is 20.1. The van der Waals surface area contributed by atoms with Crippen molar-refractivity contribution in [2.45, 2.75) is 0 Å². The van der Waals surface area contributed by atoms with E-state index in [1.165, 1.54) is 0 Å². The Morgan fingerprint density at radius 2 is 2.37 bits per heavy atom. The van der Waals surface area contributed by atoms with Gasteiger partial charge in [0.05, 0.1) is 5.56 Å². The smallest absolute Gasteiger partial charge is 0.252 e. The van der Waals surface area contributed by atoms with Gasteiger partial charge in [0.25, 0.3) is 5.91 Å². The lowest BCUT2D eigenvalue weighted by Gasteiger charge is -2.27. The van der Waals surface area contributed by atoms with E-state index in [9.17, 15) is 4.79 Å². The van der Waals surface area contributed by atoms with Gasteiger partial charge >= 0.3 is 0 Å². The molecule has 19 heavy (non-hydrogen) atoms. The molecule has 1 aliphatic heterocycles. The molecular weight excluding hydrogens is 242 g/mol. The van der Waals surface area contributed by atoms with Gasteiger partial charge in [0.1, 0.15) is 12.1 Å². The Morgan fingerprint density at radius 1 is 1.47 bits per heavy atom. The van der Waals surface area contributed by atoms with Gasteiger partial charge in [0, 0.05) is 44.1 Å². The minimum Gasteiger partial charge on any atom is -0.352 e. The predicted octanol–water partition coefficient (Wildman–Crippen LogP) is 0.216. The number of aromatic nitrogens is 3. The van der Waals surface area contributed by atoms with Crippen molar-refractivity contribution in [2.75, 3.05) is 19.6 Å². The summed E-state index contributed by atoms with van der Waals surface area (Å²) in [7, 11) is 0. The first kappa shape index (κ1) is 11.9. The molecule has 0 spiro atoms. The van der Waals surface area contributed by atoms with Gasteiger partial charge in [-0.1, -0.05) is 0 Å². The first-order chi connectivity index (χ1) is 9.33. The topological polar surface area (TPSA) is 71.8 Å². The molecule has 6 heteroatoms. The molecule has 1 amide bonds. The first-order valence-electron chi connectivity index (χ1n) is 6.26. The largest absolute Gasteiger partial charge is 0.352 e. The molecule has 0 atom stereocenters. The van der Waals surface area contributed by atoms with Crippen molar-refractivity contribution in [3.8, 4) is 5.82 Å². The molecular formula is C13H15N5O. The van der Waals surface area contributed by atoms with Gasteiger partial charge in [-0.05, 0) is 12.1 Å². The number of hydrogen-bond acceptors (Lipinski definition) is 4. The summed E-state index contributed by atoms with van der Waals surface area (Å²) in [6, 6.07) is 3.58. The molecule has 6 nitrogen and oxygen atoms in total. The molecule has 0 radical (unpaired) electrons. The summed E-state index contributed by atoms with van der Waals surface area (Å²) in [5.74, 6) is 1.23. The normalized spacial score (nSPS) is 14.9. The minimum absolute atomic E-state index is 0.0726. The van der Waals surface area contributed by atoms with Crippen molar-refractivity contribution >= 4 is 5.91 Å². The second-order valence-electron chi connectivity index (χ2n) is 4.61. The molecule has 98 valence electrons. The zero-order valence-corrected chi connectivity index (χ0v) is 10.4. The maximum Gasteiger partial charge on any atom is 0.252 e. The van der Waals surface area contributed by atoms with E-state index < -0.39 is 0 Å². The molecule has 1 saturated heterocycles. The number of nitrogens with one attached hydrogen (secondary N) is 2. The molecule has 0 saturated carbocycles. The lowest BCUT2D eigenvalue weighted by Crippen LogP contribution is -2.48. The molecule has 0 aliphatic carbocycles. The van der Waals surface area contributed by atoms with Gasteiger partial charge in [-0.3, -0.25) is 9.36 Å². The Kier molecular flexibility index (Phi) is 3.24. The van der Waals surface area contributed by atoms with Crippen LogP contribution in [0.1, 0.15) is 10.4 Å². The van der Waals surface area contributed by atoms with Crippen molar-refractivity contribution in [2.24, 2.45) is 5.92 Å². The van der Waals surface area contributed by atoms with Crippen LogP contribution in [-0.2, 0) is 0 Å². The highest BCUT2D eigenvalue weighted by Crippen LogP contribution is 2.06. The fourth-order valence-electron chi connectivity index (χ4n) is 1.90. The minimum atomic E-state index is -0.0726. The Balaban J connectivity index is 1.63. The molecule has 2 aromatic heterocycles. The molecule has 3 heterocycles. The maximum absolute atomic E-state index is 11.9. The molecule has 2 N–H and O–H groups in total. The zero-order chi connectivity index (χ0) is 13.1. The van der Waals surface area contributed by atoms with Gasteiger partial charge in [-0.2, -0.15) is 0 Å². The van der Waals surface area contributed by atoms with Crippen LogP contribution >= 0.6 is 0 Å². The van der Waals surface area contributed by atoms with E-state index in [1.54, 1.807) is 29.4 Å². The Bertz CT molecular complexity index is 545. The first-order valence-corrected chi connectivity index (χ1v) is 6.26. The van der Waals surface area contributed by atoms with Crippen LogP contribution in [0.3, 0.4) is 0 Å². The fourth-order valence-corrected chi connectivity index (χ4v) is 1.90. The zero-order valence-electron chi connectivity index (χ0n) is 10.4. The number of carbonyl (C=O) groups excluding carboxylic acids is 1. The molecule has 1 fully saturated rings. The number of carbonyl (C=O) groups is 1. The fraction of sp³-hybridized carbons (Fsp3) is 0.308. The van der Waals surface area contributed by atoms with Crippen LogP contribution in [0.4, 0.5) is 0 Å². The van der Waals surface area contributed by atoms with E-state index >= 15 is 0 Å². The van der Waals surface area contributed by atoms with Gasteiger partial charge in [-0.15, -0.1) is 0 Å². The summed E-state index contributed by atoms with van der Waals surface area (Å²) in [6.45, 7) is 2.69. The second-order valence-corrected chi connectivity index (χ2v) is 4.61. The Labute approximate surface area is 110 Å². The van der Waals surface area contributed by atoms with Crippen LogP contribution in [0, 0.1) is 5.92 Å². The van der Waals surface area contributed by atoms with E-state index in [-0.39, 0.29) is 5.91 Å². The number of rotatable bonds is 4. The quantitative estimate of drug-likeness (QED) is 0.821. The van der Waals surface area contributed by atoms with E-state index in [0.29, 0.717) is 11.5 Å². The Hall–Kier alpha value is -2.21. The van der Waals surface area contributed by atoms with Gasteiger partial charge in [0.15, 0.2) is 0 Å². The standard InChI is InChI=1S/C13H15N5O/c19-13(17-7-10-5-15-6-10)11-1-2-12(16-8-11)18-4-3-14-9-18/h1-4,8-10,15H,5-7H2,(H,17,19). The van der Waals surface area contributed by atoms with Crippen molar-refractivity contribution in [3.05, 3.63) is 42.6 Å². The van der Waals surface area contributed by atoms with E-state index in [1.807, 2.05) is 12.3 Å². The average Bonchev–Trinajstić information content (AvgIpc) is 2.91. The molecule has 0 bridgehead atoms. The van der Waals surface area contributed by atoms with Crippen LogP contribution < -0.4 is 10.6 Å². The monoisotopic (exact) mass is 257 g/mol. The summed E-state index contributed by atoms with van der Waals surface area (Å²) in [5, 5.41) is 6.09. The van der Waals surface area contributed by atoms with Crippen LogP contribution in [0.25, 0.3) is 5.82 Å². The van der Waals surface area contributed by atoms with Crippen molar-refractivity contribution in [1.82, 2.24) is 25.2 Å². The number of amides is 1. The highest BCUT2D eigenvalue weighted by atomic mass is 16.1. The van der Waals surface area contributed by atoms with E-state index in [4.69, 9.17) is 0 Å². The van der Waals surface area contributed by atoms with Gasteiger partial charge in [-0.25, -0.2) is 9.97 Å². The van der Waals surface area contributed by atoms with Crippen LogP contribution in [0.2, 0.25) is 0 Å². The Morgan fingerprint density at radius 3 is 2.95 bits per heavy atom. The van der Waals surface area contributed by atoms with E-state index in [2.05, 4.69) is 20.6 Å². The number of imidazole rings is 1. The molecule has 2 aromatic rings. The highest BCUT2D eigenvalue weighted by Gasteiger charge is 2.17. The lowest BCUT2D eigenvalue weighted by atomic mass is 10.0. The predicted molar refractivity (Wildman–Crippen MR) is 70.1 cm³/mol. The summed E-state index contributed by atoms with van der Waals surface area (Å²) >= 11 is 0. The molecule has 3 rings (SSSR count). The summed E-state index contributed by atoms with van der Waals surface area (Å²) in [5.41, 5.74) is 0.580. The van der Waals surface area contributed by atoms with Crippen LogP contribution in [0.15, 0.2) is 37.1 Å². The summed E-state index contributed by atoms with van der Waals surface area (Å²) in [6.07, 6.45) is 6.76. The van der Waals surface area contributed by atoms with Crippen molar-refractivity contribution < 1.29 is 4.79 Å². The molecule has 0 unspecified atom stereocenters. The average molecular weight is 257 g/mol. The van der Waals surface area contributed by atoms with Crippen molar-refractivity contribution in [3.63, 3.8) is 0 Å². The SMILES string of the molecule is O=C(NCC1CNC1)c1ccc(-n2ccnc2)nc1. The van der Waals surface area contributed by atoms with Crippen LogP contribution in [-0.4, -0.2) is 40.1 Å². The number of pyridine rings is 1. The third-order valence-corrected chi connectivity index (χ3v) is 3.20. The van der Waals surface area contributed by atoms with Gasteiger partial charge < -0.3 is 10.6 Å².